The molecular weight excluding hydrogens is 324 g/mol. The number of quaternary nitrogens is 1. The summed E-state index contributed by atoms with van der Waals surface area (Å²) in [5.74, 6) is -0.171. The molecule has 0 heterocycles. The van der Waals surface area contributed by atoms with E-state index in [0.29, 0.717) is 6.61 Å². The first-order valence-electron chi connectivity index (χ1n) is 8.97. The highest BCUT2D eigenvalue weighted by Crippen LogP contribution is 2.27. The van der Waals surface area contributed by atoms with Crippen LogP contribution in [0.25, 0.3) is 0 Å². The molecule has 25 heavy (non-hydrogen) atoms. The Kier molecular flexibility index (Phi) is 7.46. The lowest BCUT2D eigenvalue weighted by atomic mass is 9.87. The maximum atomic E-state index is 12.1. The Morgan fingerprint density at radius 3 is 2.28 bits per heavy atom. The van der Waals surface area contributed by atoms with Crippen molar-refractivity contribution in [3.63, 3.8) is 0 Å². The third kappa shape index (κ3) is 7.90. The predicted molar refractivity (Wildman–Crippen MR) is 92.7 cm³/mol. The van der Waals surface area contributed by atoms with Crippen molar-refractivity contribution in [2.45, 2.75) is 58.1 Å². The Bertz CT molecular complexity index is 460. The average Bonchev–Trinajstić information content (AvgIpc) is 2.50. The molecule has 0 amide bonds. The second kappa shape index (κ2) is 8.69. The quantitative estimate of drug-likeness (QED) is 0.248. The Morgan fingerprint density at radius 1 is 1.24 bits per heavy atom. The van der Waals surface area contributed by atoms with E-state index < -0.39 is 0 Å². The highest BCUT2D eigenvalue weighted by atomic mass is 16.7. The highest BCUT2D eigenvalue weighted by Gasteiger charge is 2.31. The fourth-order valence-corrected chi connectivity index (χ4v) is 2.37. The van der Waals surface area contributed by atoms with Gasteiger partial charge in [0.15, 0.2) is 0 Å². The van der Waals surface area contributed by atoms with Crippen LogP contribution >= 0.6 is 0 Å². The Balaban J connectivity index is 2.35. The van der Waals surface area contributed by atoms with Crippen LogP contribution in [0.3, 0.4) is 0 Å². The number of carbonyl (C=O) groups is 1. The zero-order valence-electron chi connectivity index (χ0n) is 16.9. The molecule has 0 spiro atoms. The van der Waals surface area contributed by atoms with Crippen molar-refractivity contribution >= 4 is 5.97 Å². The van der Waals surface area contributed by atoms with Crippen LogP contribution in [0.1, 0.15) is 46.5 Å². The molecule has 8 nitrogen and oxygen atoms in total. The van der Waals surface area contributed by atoms with E-state index in [-0.39, 0.29) is 23.5 Å². The van der Waals surface area contributed by atoms with E-state index in [1.807, 2.05) is 20.8 Å². The van der Waals surface area contributed by atoms with E-state index in [1.165, 1.54) is 0 Å². The van der Waals surface area contributed by atoms with Crippen molar-refractivity contribution in [1.82, 2.24) is 5.01 Å². The van der Waals surface area contributed by atoms with E-state index in [0.717, 1.165) is 41.7 Å². The van der Waals surface area contributed by atoms with E-state index in [1.54, 1.807) is 12.1 Å². The first kappa shape index (κ1) is 21.5. The van der Waals surface area contributed by atoms with Crippen LogP contribution < -0.4 is 0 Å². The van der Waals surface area contributed by atoms with Gasteiger partial charge in [-0.25, -0.2) is 5.21 Å². The normalized spacial score (nSPS) is 22.4. The van der Waals surface area contributed by atoms with Gasteiger partial charge in [0.1, 0.15) is 19.3 Å². The first-order valence-corrected chi connectivity index (χ1v) is 8.97. The number of carbonyl (C=O) groups excluding carboxylic acids is 1. The van der Waals surface area contributed by atoms with Gasteiger partial charge in [-0.3, -0.25) is 4.79 Å². The van der Waals surface area contributed by atoms with Crippen LogP contribution in [0.5, 0.6) is 0 Å². The number of hydrogen-bond acceptors (Lipinski definition) is 4. The minimum atomic E-state index is -0.269. The molecule has 0 aromatic carbocycles. The molecule has 0 bridgehead atoms. The van der Waals surface area contributed by atoms with Crippen LogP contribution in [-0.4, -0.2) is 78.6 Å². The monoisotopic (exact) mass is 360 g/mol. The Labute approximate surface area is 151 Å². The number of ether oxygens (including phenoxy) is 1. The maximum Gasteiger partial charge on any atom is 0.309 e. The summed E-state index contributed by atoms with van der Waals surface area (Å²) >= 11 is 0. The number of hydrazine groups is 1. The van der Waals surface area contributed by atoms with Gasteiger partial charge in [0, 0.05) is 0 Å². The fourth-order valence-electron chi connectivity index (χ4n) is 2.37. The number of rotatable bonds is 7. The number of likely N-dealkylation sites (N-methyl/N-ethyl adjacent to an activating group) is 1. The van der Waals surface area contributed by atoms with Gasteiger partial charge < -0.3 is 14.1 Å². The third-order valence-corrected chi connectivity index (χ3v) is 4.52. The van der Waals surface area contributed by atoms with Gasteiger partial charge in [0.05, 0.1) is 39.6 Å². The summed E-state index contributed by atoms with van der Waals surface area (Å²) in [6.07, 6.45) is 2.82. The minimum Gasteiger partial charge on any atom is -0.459 e. The van der Waals surface area contributed by atoms with Crippen molar-refractivity contribution in [3.8, 4) is 0 Å². The topological polar surface area (TPSA) is 74.4 Å². The summed E-state index contributed by atoms with van der Waals surface area (Å²) in [5.41, 5.74) is -0.269. The van der Waals surface area contributed by atoms with Gasteiger partial charge >= 0.3 is 5.97 Å². The molecule has 0 saturated heterocycles. The van der Waals surface area contributed by atoms with Gasteiger partial charge in [-0.2, -0.15) is 0 Å². The highest BCUT2D eigenvalue weighted by molar-refractivity contribution is 5.72. The molecule has 0 aliphatic heterocycles. The molecule has 1 rings (SSSR count). The van der Waals surface area contributed by atoms with Crippen molar-refractivity contribution < 1.29 is 29.0 Å². The summed E-state index contributed by atoms with van der Waals surface area (Å²) in [6.45, 7) is 7.13. The van der Waals surface area contributed by atoms with Crippen molar-refractivity contribution in [1.29, 1.82) is 0 Å². The van der Waals surface area contributed by atoms with Gasteiger partial charge in [0.2, 0.25) is 0 Å². The molecule has 0 unspecified atom stereocenters. The second-order valence-corrected chi connectivity index (χ2v) is 8.80. The molecule has 0 aromatic rings. The van der Waals surface area contributed by atoms with Gasteiger partial charge in [0.25, 0.3) is 10.2 Å². The van der Waals surface area contributed by atoms with Crippen LogP contribution in [0, 0.1) is 5.92 Å². The summed E-state index contributed by atoms with van der Waals surface area (Å²) in [6, 6.07) is 0. The molecule has 146 valence electrons. The number of nitrogens with zero attached hydrogens (tertiary/aromatic N) is 4. The molecule has 1 N–H and O–H groups in total. The largest absolute Gasteiger partial charge is 0.459 e. The molecule has 0 radical (unpaired) electrons. The maximum absolute atomic E-state index is 12.1. The molecule has 0 atom stereocenters. The average molecular weight is 360 g/mol. The zero-order valence-corrected chi connectivity index (χ0v) is 16.9. The fraction of sp³-hybridized carbons (Fsp3) is 0.941. The van der Waals surface area contributed by atoms with Crippen LogP contribution in [-0.2, 0) is 14.4 Å². The zero-order chi connectivity index (χ0) is 19.3. The summed E-state index contributed by atoms with van der Waals surface area (Å²) in [7, 11) is 7.94. The number of hydrogen-bond donors (Lipinski definition) is 1. The van der Waals surface area contributed by atoms with E-state index in [9.17, 15) is 10.0 Å². The molecule has 0 aromatic heterocycles. The van der Waals surface area contributed by atoms with Gasteiger partial charge in [-0.05, 0) is 46.5 Å². The van der Waals surface area contributed by atoms with E-state index in [4.69, 9.17) is 9.57 Å². The van der Waals surface area contributed by atoms with E-state index in [2.05, 4.69) is 26.4 Å². The van der Waals surface area contributed by atoms with Gasteiger partial charge in [-0.15, -0.1) is 5.01 Å². The summed E-state index contributed by atoms with van der Waals surface area (Å²) in [5, 5.41) is 15.2. The van der Waals surface area contributed by atoms with Crippen LogP contribution in [0.2, 0.25) is 0 Å². The third-order valence-electron chi connectivity index (χ3n) is 4.52. The van der Waals surface area contributed by atoms with E-state index >= 15 is 0 Å². The Morgan fingerprint density at radius 2 is 1.80 bits per heavy atom. The number of esters is 1. The second-order valence-electron chi connectivity index (χ2n) is 8.80. The molecule has 1 saturated carbocycles. The summed E-state index contributed by atoms with van der Waals surface area (Å²) in [4.78, 5) is 18.3. The lowest BCUT2D eigenvalue weighted by Gasteiger charge is -2.26. The molecule has 1 aliphatic rings. The lowest BCUT2D eigenvalue weighted by Crippen LogP contribution is -2.43. The SMILES string of the molecule is CN(/[N+](O)=N/O[C@H]1CC[C@@H](C(=O)OCC[N+](C)(C)C)CC1)C(C)(C)C. The van der Waals surface area contributed by atoms with Gasteiger partial charge in [-0.1, -0.05) is 0 Å². The lowest BCUT2D eigenvalue weighted by molar-refractivity contribution is -0.946. The molecule has 1 aliphatic carbocycles. The van der Waals surface area contributed by atoms with Crippen molar-refractivity contribution in [3.05, 3.63) is 0 Å². The minimum absolute atomic E-state index is 0.0604. The van der Waals surface area contributed by atoms with Crippen LogP contribution in [0.15, 0.2) is 5.28 Å². The predicted octanol–water partition coefficient (Wildman–Crippen LogP) is 2.23. The summed E-state index contributed by atoms with van der Waals surface area (Å²) < 4.78 is 6.16. The van der Waals surface area contributed by atoms with Crippen molar-refractivity contribution in [2.75, 3.05) is 41.3 Å². The first-order chi connectivity index (χ1) is 11.4. The smallest absolute Gasteiger partial charge is 0.309 e. The Hall–Kier alpha value is -1.57. The molecular formula is C17H36N4O4+2. The van der Waals surface area contributed by atoms with Crippen molar-refractivity contribution in [2.24, 2.45) is 11.2 Å². The molecule has 1 fully saturated rings. The molecule has 8 heteroatoms. The standard InChI is InChI=1S/C17H36N4O4/c1-17(2,3)19(4)20(23)18-25-15-10-8-14(9-11-15)16(22)24-13-12-21(5,6)7/h14-15H,8-13H2,1-7H3,(H,18,23)/q+2/t14-,15+. The van der Waals surface area contributed by atoms with Crippen LogP contribution in [0.4, 0.5) is 0 Å².